The second kappa shape index (κ2) is 12.3. The molecule has 4 N–H and O–H groups in total. The topological polar surface area (TPSA) is 129 Å². The lowest BCUT2D eigenvalue weighted by atomic mass is 10.5. The average Bonchev–Trinajstić information content (AvgIpc) is 2.51. The third-order valence-corrected chi connectivity index (χ3v) is 5.39. The van der Waals surface area contributed by atoms with E-state index in [1.807, 2.05) is 0 Å². The molecule has 0 aromatic rings. The molecular weight excluding hydrogens is 312 g/mol. The third kappa shape index (κ3) is 9.60. The lowest BCUT2D eigenvalue weighted by molar-refractivity contribution is -0.147. The van der Waals surface area contributed by atoms with E-state index in [2.05, 4.69) is 5.32 Å². The highest BCUT2D eigenvalue weighted by Gasteiger charge is 2.38. The van der Waals surface area contributed by atoms with Gasteiger partial charge >= 0.3 is 20.7 Å². The molecule has 0 heterocycles. The van der Waals surface area contributed by atoms with E-state index in [0.29, 0.717) is 18.7 Å². The molecule has 0 atom stereocenters. The van der Waals surface area contributed by atoms with Gasteiger partial charge in [-0.3, -0.25) is 0 Å². The summed E-state index contributed by atoms with van der Waals surface area (Å²) in [6.45, 7) is 1.66. The first-order valence-electron chi connectivity index (χ1n) is 6.72. The lowest BCUT2D eigenvalue weighted by Gasteiger charge is -2.26. The molecule has 0 aromatic carbocycles. The largest absolute Gasteiger partial charge is 0.502 e. The predicted molar refractivity (Wildman–Crippen MR) is 79.9 cm³/mol. The summed E-state index contributed by atoms with van der Waals surface area (Å²) in [4.78, 5) is 21.5. The third-order valence-electron chi connectivity index (χ3n) is 2.62. The molecule has 0 aliphatic carbocycles. The van der Waals surface area contributed by atoms with E-state index < -0.39 is 20.7 Å². The molecule has 0 aliphatic rings. The first kappa shape index (κ1) is 20.7. The highest BCUT2D eigenvalue weighted by atomic mass is 28.4. The zero-order valence-corrected chi connectivity index (χ0v) is 13.9. The normalized spacial score (nSPS) is 11.8. The number of carboxylic acids is 1. The number of hydrogen-bond acceptors (Lipinski definition) is 8. The maximum Gasteiger partial charge on any atom is 0.502 e. The van der Waals surface area contributed by atoms with Crippen molar-refractivity contribution in [1.29, 1.82) is 0 Å². The molecule has 0 spiro atoms. The molecule has 0 aromatic heterocycles. The van der Waals surface area contributed by atoms with Crippen molar-refractivity contribution in [3.63, 3.8) is 0 Å². The highest BCUT2D eigenvalue weighted by molar-refractivity contribution is 6.60. The van der Waals surface area contributed by atoms with Crippen LogP contribution in [0.1, 0.15) is 6.42 Å². The molecule has 0 saturated heterocycles. The minimum Gasteiger partial charge on any atom is -0.478 e. The monoisotopic (exact) mass is 336 g/mol. The molecule has 22 heavy (non-hydrogen) atoms. The molecule has 10 heteroatoms. The quantitative estimate of drug-likeness (QED) is 0.132. The van der Waals surface area contributed by atoms with Crippen LogP contribution in [-0.2, 0) is 27.6 Å². The number of rotatable bonds is 13. The second-order valence-corrected chi connectivity index (χ2v) is 7.10. The van der Waals surface area contributed by atoms with Crippen LogP contribution in [0.15, 0.2) is 12.2 Å². The van der Waals surface area contributed by atoms with Crippen LogP contribution < -0.4 is 11.1 Å². The zero-order chi connectivity index (χ0) is 16.8. The van der Waals surface area contributed by atoms with Crippen LogP contribution in [0, 0.1) is 0 Å². The van der Waals surface area contributed by atoms with Crippen molar-refractivity contribution in [3.05, 3.63) is 12.2 Å². The van der Waals surface area contributed by atoms with E-state index >= 15 is 0 Å². The Balaban J connectivity index is 4.16. The minimum atomic E-state index is -2.90. The number of nitrogens with two attached hydrogens (primary N) is 1. The summed E-state index contributed by atoms with van der Waals surface area (Å²) in [6, 6.07) is 0.542. The first-order chi connectivity index (χ1) is 10.5. The summed E-state index contributed by atoms with van der Waals surface area (Å²) in [5.74, 6) is -2.05. The molecule has 0 radical (unpaired) electrons. The van der Waals surface area contributed by atoms with Gasteiger partial charge in [-0.15, -0.1) is 0 Å². The number of carbonyl (C=O) groups excluding carboxylic acids is 1. The number of aliphatic carboxylic acids is 1. The van der Waals surface area contributed by atoms with Crippen molar-refractivity contribution < 1.29 is 32.7 Å². The van der Waals surface area contributed by atoms with Crippen LogP contribution in [-0.4, -0.2) is 66.5 Å². The van der Waals surface area contributed by atoms with Crippen LogP contribution >= 0.6 is 0 Å². The highest BCUT2D eigenvalue weighted by Crippen LogP contribution is 2.15. The number of carbonyl (C=O) groups is 2. The summed E-state index contributed by atoms with van der Waals surface area (Å²) >= 11 is 0. The molecule has 0 aliphatic heterocycles. The van der Waals surface area contributed by atoms with Gasteiger partial charge in [-0.05, 0) is 13.0 Å². The Labute approximate surface area is 130 Å². The Morgan fingerprint density at radius 1 is 1.23 bits per heavy atom. The molecule has 9 nitrogen and oxygen atoms in total. The molecule has 0 rings (SSSR count). The summed E-state index contributed by atoms with van der Waals surface area (Å²) in [6.07, 6.45) is 2.23. The first-order valence-corrected chi connectivity index (χ1v) is 8.65. The van der Waals surface area contributed by atoms with Crippen LogP contribution in [0.3, 0.4) is 0 Å². The molecule has 0 saturated carbocycles. The van der Waals surface area contributed by atoms with Gasteiger partial charge in [-0.25, -0.2) is 9.59 Å². The van der Waals surface area contributed by atoms with Gasteiger partial charge < -0.3 is 34.2 Å². The number of ether oxygens (including phenoxy) is 1. The zero-order valence-electron chi connectivity index (χ0n) is 12.9. The molecule has 0 unspecified atom stereocenters. The molecule has 0 fully saturated rings. The van der Waals surface area contributed by atoms with Gasteiger partial charge in [0.15, 0.2) is 6.79 Å². The fraction of sp³-hybridized carbons (Fsp3) is 0.667. The Hall–Kier alpha value is -1.30. The predicted octanol–water partition coefficient (Wildman–Crippen LogP) is -0.685. The lowest BCUT2D eigenvalue weighted by Crippen LogP contribution is -2.45. The van der Waals surface area contributed by atoms with Crippen LogP contribution in [0.4, 0.5) is 0 Å². The van der Waals surface area contributed by atoms with Crippen molar-refractivity contribution >= 4 is 20.7 Å². The standard InChI is InChI=1S/C12H24N2O7Si/c1-18-22(19-2,9-3-7-14-8-6-13)21-10-20-12(17)5-4-11(15)16/h4-5,14H,3,6-10,13H2,1-2H3,(H,15,16)/b5-4-. The summed E-state index contributed by atoms with van der Waals surface area (Å²) < 4.78 is 20.8. The summed E-state index contributed by atoms with van der Waals surface area (Å²) in [7, 11) is 0.0308. The Morgan fingerprint density at radius 2 is 1.91 bits per heavy atom. The van der Waals surface area contributed by atoms with Gasteiger partial charge in [0.25, 0.3) is 0 Å². The summed E-state index contributed by atoms with van der Waals surface area (Å²) in [5, 5.41) is 11.5. The Kier molecular flexibility index (Phi) is 11.5. The van der Waals surface area contributed by atoms with E-state index in [1.54, 1.807) is 0 Å². The van der Waals surface area contributed by atoms with Crippen molar-refractivity contribution in [2.75, 3.05) is 40.6 Å². The number of carboxylic acid groups (broad SMARTS) is 1. The fourth-order valence-corrected chi connectivity index (χ4v) is 3.30. The smallest absolute Gasteiger partial charge is 0.478 e. The summed E-state index contributed by atoms with van der Waals surface area (Å²) in [5.41, 5.74) is 5.37. The van der Waals surface area contributed by atoms with E-state index in [1.165, 1.54) is 14.2 Å². The van der Waals surface area contributed by atoms with Gasteiger partial charge in [0.2, 0.25) is 0 Å². The number of nitrogens with one attached hydrogen (secondary N) is 1. The van der Waals surface area contributed by atoms with Gasteiger partial charge in [-0.2, -0.15) is 0 Å². The molecule has 0 amide bonds. The number of hydrogen-bond donors (Lipinski definition) is 3. The SMILES string of the molecule is CO[Si](CCCNCCN)(OC)OCOC(=O)/C=C\C(=O)O. The maximum absolute atomic E-state index is 11.2. The average molecular weight is 336 g/mol. The molecular formula is C12H24N2O7Si. The minimum absolute atomic E-state index is 0.368. The van der Waals surface area contributed by atoms with Gasteiger partial charge in [0, 0.05) is 45.5 Å². The van der Waals surface area contributed by atoms with Crippen molar-refractivity contribution in [3.8, 4) is 0 Å². The van der Waals surface area contributed by atoms with Crippen molar-refractivity contribution in [2.45, 2.75) is 12.5 Å². The van der Waals surface area contributed by atoms with Gasteiger partial charge in [0.05, 0.1) is 0 Å². The molecule has 128 valence electrons. The Morgan fingerprint density at radius 3 is 2.45 bits per heavy atom. The van der Waals surface area contributed by atoms with Gasteiger partial charge in [0.1, 0.15) is 0 Å². The fourth-order valence-electron chi connectivity index (χ4n) is 1.50. The van der Waals surface area contributed by atoms with Crippen LogP contribution in [0.25, 0.3) is 0 Å². The van der Waals surface area contributed by atoms with Crippen LogP contribution in [0.2, 0.25) is 6.04 Å². The second-order valence-electron chi connectivity index (χ2n) is 4.13. The van der Waals surface area contributed by atoms with Crippen molar-refractivity contribution in [1.82, 2.24) is 5.32 Å². The van der Waals surface area contributed by atoms with E-state index in [4.69, 9.17) is 28.9 Å². The maximum atomic E-state index is 11.2. The van der Waals surface area contributed by atoms with Crippen LogP contribution in [0.5, 0.6) is 0 Å². The van der Waals surface area contributed by atoms with E-state index in [0.717, 1.165) is 25.6 Å². The van der Waals surface area contributed by atoms with E-state index in [-0.39, 0.29) is 6.79 Å². The van der Waals surface area contributed by atoms with Gasteiger partial charge in [-0.1, -0.05) is 0 Å². The number of esters is 1. The molecule has 0 bridgehead atoms. The van der Waals surface area contributed by atoms with E-state index in [9.17, 15) is 9.59 Å². The van der Waals surface area contributed by atoms with Crippen molar-refractivity contribution in [2.24, 2.45) is 5.73 Å². The Bertz CT molecular complexity index is 361.